The van der Waals surface area contributed by atoms with Crippen molar-refractivity contribution < 1.29 is 14.6 Å². The topological polar surface area (TPSA) is 51.5 Å². The van der Waals surface area contributed by atoms with Crippen molar-refractivity contribution in [3.63, 3.8) is 0 Å². The van der Waals surface area contributed by atoms with Crippen LogP contribution in [0.4, 0.5) is 0 Å². The summed E-state index contributed by atoms with van der Waals surface area (Å²) < 4.78 is 6.83. The van der Waals surface area contributed by atoms with Crippen LogP contribution in [0.5, 0.6) is 0 Å². The Kier molecular flexibility index (Phi) is 3.62. The van der Waals surface area contributed by atoms with Crippen LogP contribution in [-0.4, -0.2) is 22.8 Å². The molecule has 0 saturated heterocycles. The molecule has 4 heteroatoms. The lowest BCUT2D eigenvalue weighted by molar-refractivity contribution is -0.151. The molecule has 0 unspecified atom stereocenters. The predicted octanol–water partition coefficient (Wildman–Crippen LogP) is 2.33. The summed E-state index contributed by atoms with van der Waals surface area (Å²) in [5.74, 6) is -0.240. The molecule has 1 aromatic carbocycles. The van der Waals surface area contributed by atoms with Gasteiger partial charge in [0.25, 0.3) is 0 Å². The standard InChI is InChI=1S/C15H19NO3/c1-15(2,14(18)19-3)10-16-8-7-11-5-4-6-12(9-17)13(11)16/h4-8,17H,9-10H2,1-3H3. The number of carbonyl (C=O) groups excluding carboxylic acids is 1. The van der Waals surface area contributed by atoms with Crippen LogP contribution in [0, 0.1) is 5.41 Å². The highest BCUT2D eigenvalue weighted by Gasteiger charge is 2.29. The van der Waals surface area contributed by atoms with Gasteiger partial charge in [-0.05, 0) is 25.3 Å². The Morgan fingerprint density at radius 1 is 1.37 bits per heavy atom. The number of aromatic nitrogens is 1. The minimum absolute atomic E-state index is 0.0139. The van der Waals surface area contributed by atoms with Crippen LogP contribution < -0.4 is 0 Å². The van der Waals surface area contributed by atoms with Gasteiger partial charge in [0, 0.05) is 18.3 Å². The number of carbonyl (C=O) groups is 1. The number of fused-ring (bicyclic) bond motifs is 1. The highest BCUT2D eigenvalue weighted by atomic mass is 16.5. The van der Waals surface area contributed by atoms with E-state index in [2.05, 4.69) is 0 Å². The van der Waals surface area contributed by atoms with E-state index in [0.717, 1.165) is 16.5 Å². The van der Waals surface area contributed by atoms with Gasteiger partial charge in [-0.15, -0.1) is 0 Å². The minimum Gasteiger partial charge on any atom is -0.469 e. The number of hydrogen-bond acceptors (Lipinski definition) is 3. The molecule has 0 saturated carbocycles. The lowest BCUT2D eigenvalue weighted by Gasteiger charge is -2.23. The van der Waals surface area contributed by atoms with E-state index in [9.17, 15) is 9.90 Å². The van der Waals surface area contributed by atoms with Crippen LogP contribution in [0.2, 0.25) is 0 Å². The molecule has 1 N–H and O–H groups in total. The van der Waals surface area contributed by atoms with Crippen molar-refractivity contribution in [2.45, 2.75) is 27.0 Å². The molecule has 0 radical (unpaired) electrons. The van der Waals surface area contributed by atoms with Gasteiger partial charge < -0.3 is 14.4 Å². The predicted molar refractivity (Wildman–Crippen MR) is 73.7 cm³/mol. The third-order valence-corrected chi connectivity index (χ3v) is 3.35. The summed E-state index contributed by atoms with van der Waals surface area (Å²) in [6, 6.07) is 7.80. The molecule has 2 aromatic rings. The summed E-state index contributed by atoms with van der Waals surface area (Å²) in [6.07, 6.45) is 1.94. The van der Waals surface area contributed by atoms with Gasteiger partial charge in [0.1, 0.15) is 0 Å². The summed E-state index contributed by atoms with van der Waals surface area (Å²) in [5.41, 5.74) is 1.23. The molecule has 1 heterocycles. The number of rotatable bonds is 4. The maximum atomic E-state index is 11.8. The molecule has 0 fully saturated rings. The molecular formula is C15H19NO3. The Morgan fingerprint density at radius 3 is 2.74 bits per heavy atom. The molecule has 1 aromatic heterocycles. The van der Waals surface area contributed by atoms with Crippen molar-refractivity contribution in [3.8, 4) is 0 Å². The first-order valence-electron chi connectivity index (χ1n) is 6.25. The van der Waals surface area contributed by atoms with E-state index in [1.54, 1.807) is 0 Å². The van der Waals surface area contributed by atoms with Gasteiger partial charge in [-0.3, -0.25) is 4.79 Å². The molecule has 0 spiro atoms. The quantitative estimate of drug-likeness (QED) is 0.859. The molecule has 0 atom stereocenters. The van der Waals surface area contributed by atoms with E-state index in [1.165, 1.54) is 7.11 Å². The third kappa shape index (κ3) is 2.49. The number of benzene rings is 1. The minimum atomic E-state index is -0.608. The van der Waals surface area contributed by atoms with Crippen molar-refractivity contribution in [3.05, 3.63) is 36.0 Å². The summed E-state index contributed by atoms with van der Waals surface area (Å²) in [4.78, 5) is 11.8. The van der Waals surface area contributed by atoms with Gasteiger partial charge >= 0.3 is 5.97 Å². The number of aliphatic hydroxyl groups is 1. The van der Waals surface area contributed by atoms with Gasteiger partial charge in [-0.1, -0.05) is 18.2 Å². The normalized spacial score (nSPS) is 11.8. The van der Waals surface area contributed by atoms with Crippen molar-refractivity contribution in [2.24, 2.45) is 5.41 Å². The largest absolute Gasteiger partial charge is 0.469 e. The SMILES string of the molecule is COC(=O)C(C)(C)Cn1ccc2cccc(CO)c21. The third-order valence-electron chi connectivity index (χ3n) is 3.35. The zero-order chi connectivity index (χ0) is 14.0. The smallest absolute Gasteiger partial charge is 0.313 e. The molecule has 102 valence electrons. The highest BCUT2D eigenvalue weighted by molar-refractivity contribution is 5.84. The number of esters is 1. The first-order chi connectivity index (χ1) is 8.99. The van der Waals surface area contributed by atoms with Crippen LogP contribution in [0.15, 0.2) is 30.5 Å². The number of para-hydroxylation sites is 1. The summed E-state index contributed by atoms with van der Waals surface area (Å²) >= 11 is 0. The fourth-order valence-corrected chi connectivity index (χ4v) is 2.37. The molecule has 0 aliphatic rings. The summed E-state index contributed by atoms with van der Waals surface area (Å²) in [6.45, 7) is 4.21. The zero-order valence-electron chi connectivity index (χ0n) is 11.5. The highest BCUT2D eigenvalue weighted by Crippen LogP contribution is 2.26. The fourth-order valence-electron chi connectivity index (χ4n) is 2.37. The van der Waals surface area contributed by atoms with Gasteiger partial charge in [-0.25, -0.2) is 0 Å². The fraction of sp³-hybridized carbons (Fsp3) is 0.400. The lowest BCUT2D eigenvalue weighted by atomic mass is 9.93. The number of aliphatic hydroxyl groups excluding tert-OH is 1. The molecule has 0 amide bonds. The van der Waals surface area contributed by atoms with E-state index in [0.29, 0.717) is 6.54 Å². The summed E-state index contributed by atoms with van der Waals surface area (Å²) in [7, 11) is 1.40. The Labute approximate surface area is 112 Å². The molecule has 19 heavy (non-hydrogen) atoms. The zero-order valence-corrected chi connectivity index (χ0v) is 11.5. The van der Waals surface area contributed by atoms with E-state index in [1.807, 2.05) is 48.9 Å². The van der Waals surface area contributed by atoms with Gasteiger partial charge in [0.2, 0.25) is 0 Å². The molecular weight excluding hydrogens is 242 g/mol. The van der Waals surface area contributed by atoms with E-state index < -0.39 is 5.41 Å². The molecule has 4 nitrogen and oxygen atoms in total. The van der Waals surface area contributed by atoms with Crippen molar-refractivity contribution >= 4 is 16.9 Å². The maximum absolute atomic E-state index is 11.8. The van der Waals surface area contributed by atoms with Crippen molar-refractivity contribution in [2.75, 3.05) is 7.11 Å². The Bertz CT molecular complexity index is 598. The number of nitrogens with zero attached hydrogens (tertiary/aromatic N) is 1. The summed E-state index contributed by atoms with van der Waals surface area (Å²) in [5, 5.41) is 10.5. The van der Waals surface area contributed by atoms with Crippen molar-refractivity contribution in [1.29, 1.82) is 0 Å². The average molecular weight is 261 g/mol. The van der Waals surface area contributed by atoms with E-state index in [-0.39, 0.29) is 12.6 Å². The molecule has 0 aliphatic carbocycles. The first kappa shape index (κ1) is 13.6. The second-order valence-electron chi connectivity index (χ2n) is 5.33. The Balaban J connectivity index is 2.44. The monoisotopic (exact) mass is 261 g/mol. The van der Waals surface area contributed by atoms with Crippen LogP contribution in [-0.2, 0) is 22.7 Å². The van der Waals surface area contributed by atoms with Crippen LogP contribution in [0.1, 0.15) is 19.4 Å². The van der Waals surface area contributed by atoms with Crippen molar-refractivity contribution in [1.82, 2.24) is 4.57 Å². The maximum Gasteiger partial charge on any atom is 0.313 e. The van der Waals surface area contributed by atoms with E-state index in [4.69, 9.17) is 4.74 Å². The average Bonchev–Trinajstić information content (AvgIpc) is 2.80. The van der Waals surface area contributed by atoms with Crippen LogP contribution >= 0.6 is 0 Å². The molecule has 2 rings (SSSR count). The lowest BCUT2D eigenvalue weighted by Crippen LogP contribution is -2.30. The molecule has 0 aliphatic heterocycles. The van der Waals surface area contributed by atoms with Gasteiger partial charge in [0.05, 0.1) is 24.6 Å². The number of ether oxygens (including phenoxy) is 1. The number of methoxy groups -OCH3 is 1. The Morgan fingerprint density at radius 2 is 2.11 bits per heavy atom. The Hall–Kier alpha value is -1.81. The number of hydrogen-bond donors (Lipinski definition) is 1. The molecule has 0 bridgehead atoms. The first-order valence-corrected chi connectivity index (χ1v) is 6.25. The second kappa shape index (κ2) is 5.05. The van der Waals surface area contributed by atoms with Crippen LogP contribution in [0.25, 0.3) is 10.9 Å². The second-order valence-corrected chi connectivity index (χ2v) is 5.33. The van der Waals surface area contributed by atoms with E-state index >= 15 is 0 Å². The van der Waals surface area contributed by atoms with Gasteiger partial charge in [0.15, 0.2) is 0 Å². The van der Waals surface area contributed by atoms with Gasteiger partial charge in [-0.2, -0.15) is 0 Å². The van der Waals surface area contributed by atoms with Crippen LogP contribution in [0.3, 0.4) is 0 Å².